The Balaban J connectivity index is 1.84. The van der Waals surface area contributed by atoms with Gasteiger partial charge in [-0.2, -0.15) is 0 Å². The van der Waals surface area contributed by atoms with Gasteiger partial charge in [-0.05, 0) is 31.6 Å². The number of nitrogens with zero attached hydrogens (tertiary/aromatic N) is 1. The summed E-state index contributed by atoms with van der Waals surface area (Å²) in [6.45, 7) is 5.11. The van der Waals surface area contributed by atoms with Crippen molar-refractivity contribution in [2.24, 2.45) is 5.92 Å². The second kappa shape index (κ2) is 9.89. The van der Waals surface area contributed by atoms with E-state index in [0.717, 1.165) is 37.0 Å². The molecule has 1 aliphatic heterocycles. The van der Waals surface area contributed by atoms with Crippen molar-refractivity contribution in [3.05, 3.63) is 0 Å². The minimum absolute atomic E-state index is 0.106. The fraction of sp³-hybridized carbons (Fsp3) is 0.800. The molecule has 1 heterocycles. The Hall–Kier alpha value is -2.12. The van der Waals surface area contributed by atoms with E-state index < -0.39 is 36.6 Å². The van der Waals surface area contributed by atoms with E-state index in [9.17, 15) is 19.2 Å². The number of amides is 4. The number of ether oxygens (including phenoxy) is 1. The molecule has 0 spiro atoms. The van der Waals surface area contributed by atoms with Gasteiger partial charge >= 0.3 is 12.0 Å². The van der Waals surface area contributed by atoms with E-state index in [4.69, 9.17) is 4.74 Å². The predicted molar refractivity (Wildman–Crippen MR) is 103 cm³/mol. The lowest BCUT2D eigenvalue weighted by molar-refractivity contribution is -0.151. The highest BCUT2D eigenvalue weighted by atomic mass is 16.5. The molecule has 0 bridgehead atoms. The molecule has 0 radical (unpaired) electrons. The van der Waals surface area contributed by atoms with Gasteiger partial charge in [0.05, 0.1) is 0 Å². The largest absolute Gasteiger partial charge is 0.454 e. The molecule has 4 amide bonds. The van der Waals surface area contributed by atoms with E-state index in [1.165, 1.54) is 6.42 Å². The minimum Gasteiger partial charge on any atom is -0.454 e. The second-order valence-electron chi connectivity index (χ2n) is 8.00. The van der Waals surface area contributed by atoms with E-state index in [2.05, 4.69) is 17.6 Å². The molecule has 2 rings (SSSR count). The van der Waals surface area contributed by atoms with Crippen LogP contribution in [0.25, 0.3) is 0 Å². The number of esters is 1. The average molecular weight is 396 g/mol. The molecule has 2 aliphatic rings. The molecule has 28 heavy (non-hydrogen) atoms. The highest BCUT2D eigenvalue weighted by Crippen LogP contribution is 2.28. The number of carbonyl (C=O) groups excluding carboxylic acids is 4. The number of hydrogen-bond acceptors (Lipinski definition) is 5. The number of rotatable bonds is 9. The Kier molecular flexibility index (Phi) is 7.83. The van der Waals surface area contributed by atoms with E-state index in [-0.39, 0.29) is 11.9 Å². The summed E-state index contributed by atoms with van der Waals surface area (Å²) in [5.74, 6) is -1.10. The van der Waals surface area contributed by atoms with Crippen molar-refractivity contribution in [1.29, 1.82) is 0 Å². The molecule has 2 atom stereocenters. The van der Waals surface area contributed by atoms with Gasteiger partial charge in [0.25, 0.3) is 11.8 Å². The molecule has 2 fully saturated rings. The van der Waals surface area contributed by atoms with Gasteiger partial charge < -0.3 is 15.4 Å². The maximum absolute atomic E-state index is 12.7. The van der Waals surface area contributed by atoms with Gasteiger partial charge in [-0.1, -0.05) is 46.5 Å². The number of carbonyl (C=O) groups is 4. The van der Waals surface area contributed by atoms with Gasteiger partial charge in [-0.3, -0.25) is 19.3 Å². The first-order valence-electron chi connectivity index (χ1n) is 10.4. The smallest absolute Gasteiger partial charge is 0.326 e. The summed E-state index contributed by atoms with van der Waals surface area (Å²) in [6.07, 6.45) is 6.80. The summed E-state index contributed by atoms with van der Waals surface area (Å²) < 4.78 is 5.00. The zero-order valence-corrected chi connectivity index (χ0v) is 17.2. The fourth-order valence-corrected chi connectivity index (χ4v) is 4.24. The van der Waals surface area contributed by atoms with Crippen LogP contribution in [-0.4, -0.2) is 53.4 Å². The molecule has 0 aromatic heterocycles. The van der Waals surface area contributed by atoms with Crippen molar-refractivity contribution in [3.63, 3.8) is 0 Å². The lowest BCUT2D eigenvalue weighted by Gasteiger charge is -2.29. The van der Waals surface area contributed by atoms with Gasteiger partial charge in [0.2, 0.25) is 0 Å². The third-order valence-corrected chi connectivity index (χ3v) is 5.71. The molecule has 0 unspecified atom stereocenters. The normalized spacial score (nSPS) is 24.0. The van der Waals surface area contributed by atoms with Gasteiger partial charge in [0.1, 0.15) is 12.1 Å². The minimum atomic E-state index is -0.935. The third-order valence-electron chi connectivity index (χ3n) is 5.71. The summed E-state index contributed by atoms with van der Waals surface area (Å²) in [5, 5.41) is 5.65. The standard InChI is InChI=1S/C20H33N3O5/c1-4-10-20(11-5-2)18(26)23(19(27)22-20)12-17(25)28-13-16(24)21-15-9-7-6-8-14(15)3/h14-15H,4-13H2,1-3H3,(H,21,24)(H,22,27)/t14-,15+/m1/s1. The fourth-order valence-electron chi connectivity index (χ4n) is 4.24. The molecule has 8 heteroatoms. The van der Waals surface area contributed by atoms with Crippen molar-refractivity contribution >= 4 is 23.8 Å². The summed E-state index contributed by atoms with van der Waals surface area (Å²) in [5.41, 5.74) is -0.935. The Morgan fingerprint density at radius 3 is 2.43 bits per heavy atom. The molecule has 1 saturated heterocycles. The van der Waals surface area contributed by atoms with Crippen LogP contribution in [0.15, 0.2) is 0 Å². The number of imide groups is 1. The predicted octanol–water partition coefficient (Wildman–Crippen LogP) is 2.12. The quantitative estimate of drug-likeness (QED) is 0.460. The van der Waals surface area contributed by atoms with Crippen LogP contribution in [0.4, 0.5) is 4.79 Å². The van der Waals surface area contributed by atoms with E-state index >= 15 is 0 Å². The van der Waals surface area contributed by atoms with Crippen LogP contribution in [0, 0.1) is 5.92 Å². The molecule has 8 nitrogen and oxygen atoms in total. The third kappa shape index (κ3) is 5.23. The zero-order chi connectivity index (χ0) is 20.7. The van der Waals surface area contributed by atoms with Crippen molar-refractivity contribution in [1.82, 2.24) is 15.5 Å². The molecular formula is C20H33N3O5. The Bertz CT molecular complexity index is 601. The maximum Gasteiger partial charge on any atom is 0.326 e. The number of hydrogen-bond donors (Lipinski definition) is 2. The summed E-state index contributed by atoms with van der Waals surface area (Å²) in [4.78, 5) is 50.0. The number of urea groups is 1. The topological polar surface area (TPSA) is 105 Å². The first kappa shape index (κ1) is 22.2. The van der Waals surface area contributed by atoms with Crippen LogP contribution < -0.4 is 10.6 Å². The number of nitrogens with one attached hydrogen (secondary N) is 2. The Morgan fingerprint density at radius 2 is 1.82 bits per heavy atom. The van der Waals surface area contributed by atoms with Gasteiger partial charge in [-0.15, -0.1) is 0 Å². The second-order valence-corrected chi connectivity index (χ2v) is 8.00. The van der Waals surface area contributed by atoms with Gasteiger partial charge in [-0.25, -0.2) is 4.79 Å². The molecule has 1 saturated carbocycles. The molecular weight excluding hydrogens is 362 g/mol. The van der Waals surface area contributed by atoms with Crippen molar-refractivity contribution in [2.75, 3.05) is 13.2 Å². The van der Waals surface area contributed by atoms with E-state index in [1.54, 1.807) is 0 Å². The lowest BCUT2D eigenvalue weighted by Crippen LogP contribution is -2.47. The first-order valence-corrected chi connectivity index (χ1v) is 10.4. The highest BCUT2D eigenvalue weighted by molar-refractivity contribution is 6.08. The van der Waals surface area contributed by atoms with Gasteiger partial charge in [0.15, 0.2) is 6.61 Å². The van der Waals surface area contributed by atoms with Gasteiger partial charge in [0, 0.05) is 6.04 Å². The van der Waals surface area contributed by atoms with Crippen LogP contribution in [0.2, 0.25) is 0 Å². The van der Waals surface area contributed by atoms with E-state index in [0.29, 0.717) is 18.8 Å². The van der Waals surface area contributed by atoms with Crippen LogP contribution in [-0.2, 0) is 19.1 Å². The van der Waals surface area contributed by atoms with Crippen LogP contribution in [0.1, 0.15) is 72.1 Å². The monoisotopic (exact) mass is 395 g/mol. The van der Waals surface area contributed by atoms with E-state index in [1.807, 2.05) is 13.8 Å². The maximum atomic E-state index is 12.7. The van der Waals surface area contributed by atoms with Crippen molar-refractivity contribution < 1.29 is 23.9 Å². The molecule has 1 aliphatic carbocycles. The first-order chi connectivity index (χ1) is 13.3. The summed E-state index contributed by atoms with van der Waals surface area (Å²) in [6, 6.07) is -0.473. The highest BCUT2D eigenvalue weighted by Gasteiger charge is 2.50. The van der Waals surface area contributed by atoms with Crippen LogP contribution in [0.3, 0.4) is 0 Å². The van der Waals surface area contributed by atoms with Crippen molar-refractivity contribution in [2.45, 2.75) is 83.7 Å². The SMILES string of the molecule is CCCC1(CCC)NC(=O)N(CC(=O)OCC(=O)N[C@H]2CCCC[C@H]2C)C1=O. The zero-order valence-electron chi connectivity index (χ0n) is 17.2. The Labute approximate surface area is 166 Å². The Morgan fingerprint density at radius 1 is 1.18 bits per heavy atom. The van der Waals surface area contributed by atoms with Crippen LogP contribution >= 0.6 is 0 Å². The lowest BCUT2D eigenvalue weighted by atomic mass is 9.86. The molecule has 2 N–H and O–H groups in total. The molecule has 0 aromatic rings. The average Bonchev–Trinajstić information content (AvgIpc) is 2.87. The summed E-state index contributed by atoms with van der Waals surface area (Å²) >= 11 is 0. The molecule has 158 valence electrons. The summed E-state index contributed by atoms with van der Waals surface area (Å²) in [7, 11) is 0. The van der Waals surface area contributed by atoms with Crippen molar-refractivity contribution in [3.8, 4) is 0 Å². The van der Waals surface area contributed by atoms with Crippen LogP contribution in [0.5, 0.6) is 0 Å². The molecule has 0 aromatic carbocycles.